The highest BCUT2D eigenvalue weighted by molar-refractivity contribution is 7.87. The van der Waals surface area contributed by atoms with Crippen molar-refractivity contribution in [1.82, 2.24) is 9.03 Å². The molecule has 0 aromatic rings. The van der Waals surface area contributed by atoms with Gasteiger partial charge < -0.3 is 5.11 Å². The summed E-state index contributed by atoms with van der Waals surface area (Å²) in [5.74, 6) is -0.631. The number of nitrogens with one attached hydrogen (secondary N) is 1. The van der Waals surface area contributed by atoms with Crippen LogP contribution in [0.3, 0.4) is 0 Å². The summed E-state index contributed by atoms with van der Waals surface area (Å²) >= 11 is 0. The van der Waals surface area contributed by atoms with Crippen LogP contribution in [0.5, 0.6) is 0 Å². The zero-order chi connectivity index (χ0) is 15.3. The fourth-order valence-electron chi connectivity index (χ4n) is 2.58. The van der Waals surface area contributed by atoms with Gasteiger partial charge in [0.2, 0.25) is 0 Å². The Bertz CT molecular complexity index is 424. The third kappa shape index (κ3) is 4.71. The predicted molar refractivity (Wildman–Crippen MR) is 77.6 cm³/mol. The number of piperidine rings is 1. The van der Waals surface area contributed by atoms with Crippen molar-refractivity contribution in [2.75, 3.05) is 6.54 Å². The molecule has 7 heteroatoms. The van der Waals surface area contributed by atoms with Gasteiger partial charge in [-0.25, -0.2) is 0 Å². The van der Waals surface area contributed by atoms with E-state index in [1.165, 1.54) is 0 Å². The highest BCUT2D eigenvalue weighted by Crippen LogP contribution is 2.21. The molecule has 2 N–H and O–H groups in total. The van der Waals surface area contributed by atoms with Crippen molar-refractivity contribution < 1.29 is 18.3 Å². The van der Waals surface area contributed by atoms with E-state index in [9.17, 15) is 13.2 Å². The molecule has 0 saturated carbocycles. The largest absolute Gasteiger partial charge is 0.480 e. The number of carboxylic acid groups (broad SMARTS) is 1. The summed E-state index contributed by atoms with van der Waals surface area (Å²) < 4.78 is 28.4. The minimum atomic E-state index is -3.73. The third-order valence-electron chi connectivity index (χ3n) is 3.85. The smallest absolute Gasteiger partial charge is 0.322 e. The molecule has 0 aromatic carbocycles. The zero-order valence-electron chi connectivity index (χ0n) is 12.5. The fraction of sp³-hybridized carbons (Fsp3) is 0.923. The molecule has 118 valence electrons. The van der Waals surface area contributed by atoms with Crippen molar-refractivity contribution >= 4 is 16.2 Å². The summed E-state index contributed by atoms with van der Waals surface area (Å²) in [6.07, 6.45) is 3.60. The first-order valence-electron chi connectivity index (χ1n) is 7.29. The van der Waals surface area contributed by atoms with Crippen molar-refractivity contribution in [2.24, 2.45) is 5.92 Å². The molecular formula is C13H26N2O4S. The molecule has 0 amide bonds. The first-order valence-corrected chi connectivity index (χ1v) is 8.73. The van der Waals surface area contributed by atoms with Crippen molar-refractivity contribution in [3.63, 3.8) is 0 Å². The predicted octanol–water partition coefficient (Wildman–Crippen LogP) is 1.58. The number of nitrogens with zero attached hydrogens (tertiary/aromatic N) is 1. The van der Waals surface area contributed by atoms with Gasteiger partial charge in [-0.3, -0.25) is 4.79 Å². The van der Waals surface area contributed by atoms with Gasteiger partial charge >= 0.3 is 5.97 Å². The van der Waals surface area contributed by atoms with E-state index in [-0.39, 0.29) is 12.6 Å². The minimum absolute atomic E-state index is 0.189. The van der Waals surface area contributed by atoms with Gasteiger partial charge in [-0.05, 0) is 38.5 Å². The number of carbonyl (C=O) groups is 1. The second-order valence-electron chi connectivity index (χ2n) is 5.73. The molecule has 1 saturated heterocycles. The molecule has 3 unspecified atom stereocenters. The van der Waals surface area contributed by atoms with Crippen LogP contribution in [0.1, 0.15) is 52.9 Å². The molecule has 0 spiro atoms. The minimum Gasteiger partial charge on any atom is -0.480 e. The molecule has 1 aliphatic heterocycles. The van der Waals surface area contributed by atoms with Crippen LogP contribution in [0.4, 0.5) is 0 Å². The number of hydrogen-bond donors (Lipinski definition) is 2. The highest BCUT2D eigenvalue weighted by Gasteiger charge is 2.37. The maximum Gasteiger partial charge on any atom is 0.322 e. The van der Waals surface area contributed by atoms with Crippen LogP contribution in [0, 0.1) is 5.92 Å². The number of hydrogen-bond acceptors (Lipinski definition) is 3. The van der Waals surface area contributed by atoms with Crippen LogP contribution in [0.15, 0.2) is 0 Å². The lowest BCUT2D eigenvalue weighted by Crippen LogP contribution is -2.53. The van der Waals surface area contributed by atoms with Gasteiger partial charge in [0.25, 0.3) is 10.2 Å². The quantitative estimate of drug-likeness (QED) is 0.747. The average Bonchev–Trinajstić information content (AvgIpc) is 2.37. The Labute approximate surface area is 121 Å². The summed E-state index contributed by atoms with van der Waals surface area (Å²) in [7, 11) is -3.73. The third-order valence-corrected chi connectivity index (χ3v) is 5.61. The summed E-state index contributed by atoms with van der Waals surface area (Å²) in [5.41, 5.74) is 0. The van der Waals surface area contributed by atoms with Crippen molar-refractivity contribution in [2.45, 2.75) is 65.0 Å². The number of rotatable bonds is 7. The van der Waals surface area contributed by atoms with E-state index in [2.05, 4.69) is 18.6 Å². The second kappa shape index (κ2) is 7.38. The maximum atomic E-state index is 12.3. The van der Waals surface area contributed by atoms with Crippen molar-refractivity contribution in [1.29, 1.82) is 0 Å². The molecule has 1 aliphatic rings. The molecule has 3 atom stereocenters. The van der Waals surface area contributed by atoms with Crippen LogP contribution >= 0.6 is 0 Å². The van der Waals surface area contributed by atoms with Crippen LogP contribution in [-0.4, -0.2) is 42.4 Å². The molecule has 20 heavy (non-hydrogen) atoms. The van der Waals surface area contributed by atoms with Gasteiger partial charge in [0.15, 0.2) is 0 Å². The van der Waals surface area contributed by atoms with E-state index in [4.69, 9.17) is 5.11 Å². The lowest BCUT2D eigenvalue weighted by atomic mass is 10.0. The summed E-state index contributed by atoms with van der Waals surface area (Å²) in [6.45, 7) is 6.24. The van der Waals surface area contributed by atoms with Crippen molar-refractivity contribution in [3.05, 3.63) is 0 Å². The molecule has 1 rings (SSSR count). The molecular weight excluding hydrogens is 280 g/mol. The van der Waals surface area contributed by atoms with E-state index < -0.39 is 22.2 Å². The van der Waals surface area contributed by atoms with E-state index in [1.54, 1.807) is 0 Å². The number of carboxylic acids is 1. The first-order chi connectivity index (χ1) is 9.27. The Kier molecular flexibility index (Phi) is 6.42. The molecule has 0 bridgehead atoms. The van der Waals surface area contributed by atoms with Gasteiger partial charge in [-0.1, -0.05) is 20.3 Å². The Morgan fingerprint density at radius 3 is 2.60 bits per heavy atom. The molecule has 0 aliphatic carbocycles. The molecule has 1 fully saturated rings. The monoisotopic (exact) mass is 306 g/mol. The molecule has 0 aromatic heterocycles. The van der Waals surface area contributed by atoms with E-state index >= 15 is 0 Å². The average molecular weight is 306 g/mol. The molecule has 0 radical (unpaired) electrons. The normalized spacial score (nSPS) is 24.2. The SMILES string of the molecule is CCC(C)CC(C)NS(=O)(=O)N1CCCCC1C(=O)O. The van der Waals surface area contributed by atoms with E-state index in [0.717, 1.165) is 23.6 Å². The van der Waals surface area contributed by atoms with Crippen LogP contribution in [-0.2, 0) is 15.0 Å². The molecule has 1 heterocycles. The Morgan fingerprint density at radius 2 is 2.05 bits per heavy atom. The van der Waals surface area contributed by atoms with Crippen LogP contribution in [0.2, 0.25) is 0 Å². The Morgan fingerprint density at radius 1 is 1.40 bits per heavy atom. The first kappa shape index (κ1) is 17.4. The zero-order valence-corrected chi connectivity index (χ0v) is 13.3. The molecule has 6 nitrogen and oxygen atoms in total. The van der Waals surface area contributed by atoms with E-state index in [0.29, 0.717) is 18.8 Å². The van der Waals surface area contributed by atoms with Gasteiger partial charge in [-0.2, -0.15) is 17.4 Å². The van der Waals surface area contributed by atoms with Gasteiger partial charge in [0.05, 0.1) is 0 Å². The van der Waals surface area contributed by atoms with Crippen LogP contribution < -0.4 is 4.72 Å². The van der Waals surface area contributed by atoms with Crippen molar-refractivity contribution in [3.8, 4) is 0 Å². The lowest BCUT2D eigenvalue weighted by molar-refractivity contribution is -0.142. The maximum absolute atomic E-state index is 12.3. The summed E-state index contributed by atoms with van der Waals surface area (Å²) in [6, 6.07) is -1.12. The second-order valence-corrected chi connectivity index (χ2v) is 7.39. The number of aliphatic carboxylic acids is 1. The Hall–Kier alpha value is -0.660. The van der Waals surface area contributed by atoms with E-state index in [1.807, 2.05) is 6.92 Å². The van der Waals surface area contributed by atoms with Crippen LogP contribution in [0.25, 0.3) is 0 Å². The van der Waals surface area contributed by atoms with Gasteiger partial charge in [0.1, 0.15) is 6.04 Å². The highest BCUT2D eigenvalue weighted by atomic mass is 32.2. The van der Waals surface area contributed by atoms with Gasteiger partial charge in [0, 0.05) is 12.6 Å². The standard InChI is InChI=1S/C13H26N2O4S/c1-4-10(2)9-11(3)14-20(18,19)15-8-6-5-7-12(15)13(16)17/h10-12,14H,4-9H2,1-3H3,(H,16,17). The van der Waals surface area contributed by atoms with Gasteiger partial charge in [-0.15, -0.1) is 0 Å². The summed E-state index contributed by atoms with van der Waals surface area (Å²) in [4.78, 5) is 11.2. The fourth-order valence-corrected chi connectivity index (χ4v) is 4.22. The topological polar surface area (TPSA) is 86.7 Å². The summed E-state index contributed by atoms with van der Waals surface area (Å²) in [5, 5.41) is 9.16. The lowest BCUT2D eigenvalue weighted by Gasteiger charge is -2.33. The Balaban J connectivity index is 2.73.